The molecule has 1 aromatic carbocycles. The van der Waals surface area contributed by atoms with Crippen LogP contribution in [-0.4, -0.2) is 49.6 Å². The van der Waals surface area contributed by atoms with Crippen molar-refractivity contribution < 1.29 is 28.8 Å². The first-order valence-corrected chi connectivity index (χ1v) is 11.4. The molecule has 4 rings (SSSR count). The first-order valence-electron chi connectivity index (χ1n) is 10.6. The molecular weight excluding hydrogens is 450 g/mol. The largest absolute Gasteiger partial charge is 0.465 e. The maximum atomic E-state index is 12.8. The van der Waals surface area contributed by atoms with E-state index in [2.05, 4.69) is 5.32 Å². The number of carbonyl (C=O) groups is 3. The Morgan fingerprint density at radius 2 is 1.91 bits per heavy atom. The van der Waals surface area contributed by atoms with Crippen LogP contribution < -0.4 is 10.2 Å². The zero-order valence-electron chi connectivity index (χ0n) is 18.0. The molecule has 0 atom stereocenters. The van der Waals surface area contributed by atoms with Crippen LogP contribution in [-0.2, 0) is 27.1 Å². The van der Waals surface area contributed by atoms with E-state index in [1.165, 1.54) is 36.6 Å². The van der Waals surface area contributed by atoms with Crippen molar-refractivity contribution >= 4 is 45.6 Å². The van der Waals surface area contributed by atoms with Crippen molar-refractivity contribution in [2.24, 2.45) is 0 Å². The van der Waals surface area contributed by atoms with Gasteiger partial charge in [0.25, 0.3) is 11.6 Å². The van der Waals surface area contributed by atoms with E-state index in [4.69, 9.17) is 9.47 Å². The van der Waals surface area contributed by atoms with Crippen LogP contribution in [0.25, 0.3) is 0 Å². The zero-order chi connectivity index (χ0) is 23.5. The van der Waals surface area contributed by atoms with Gasteiger partial charge < -0.3 is 19.7 Å². The third-order valence-corrected chi connectivity index (χ3v) is 6.96. The second kappa shape index (κ2) is 9.57. The van der Waals surface area contributed by atoms with Gasteiger partial charge in [-0.3, -0.25) is 14.9 Å². The van der Waals surface area contributed by atoms with Crippen molar-refractivity contribution in [1.29, 1.82) is 0 Å². The summed E-state index contributed by atoms with van der Waals surface area (Å²) in [6.45, 7) is 0.875. The number of amides is 1. The molecule has 1 aromatic heterocycles. The van der Waals surface area contributed by atoms with E-state index in [0.29, 0.717) is 16.3 Å². The van der Waals surface area contributed by atoms with Gasteiger partial charge >= 0.3 is 11.9 Å². The lowest BCUT2D eigenvalue weighted by Crippen LogP contribution is -2.24. The molecule has 0 unspecified atom stereocenters. The van der Waals surface area contributed by atoms with Gasteiger partial charge in [0.05, 0.1) is 28.8 Å². The molecular formula is C22H23N3O7S. The van der Waals surface area contributed by atoms with Gasteiger partial charge in [0.15, 0.2) is 6.61 Å². The van der Waals surface area contributed by atoms with E-state index in [-0.39, 0.29) is 11.3 Å². The quantitative estimate of drug-likeness (QED) is 0.368. The number of nitro groups is 1. The number of fused-ring (bicyclic) bond motifs is 1. The normalized spacial score (nSPS) is 14.6. The molecule has 1 saturated heterocycles. The maximum absolute atomic E-state index is 12.8. The number of esters is 2. The molecule has 2 heterocycles. The number of non-ortho nitro benzene ring substituents is 1. The van der Waals surface area contributed by atoms with Crippen LogP contribution in [0.1, 0.15) is 50.4 Å². The molecule has 0 radical (unpaired) electrons. The monoisotopic (exact) mass is 473 g/mol. The van der Waals surface area contributed by atoms with E-state index in [1.54, 1.807) is 0 Å². The fraction of sp³-hybridized carbons (Fsp3) is 0.409. The van der Waals surface area contributed by atoms with Crippen molar-refractivity contribution in [3.8, 4) is 0 Å². The Labute approximate surface area is 193 Å². The number of thiophene rings is 1. The van der Waals surface area contributed by atoms with E-state index in [9.17, 15) is 24.5 Å². The van der Waals surface area contributed by atoms with Crippen molar-refractivity contribution in [3.63, 3.8) is 0 Å². The predicted molar refractivity (Wildman–Crippen MR) is 121 cm³/mol. The summed E-state index contributed by atoms with van der Waals surface area (Å²) < 4.78 is 10.1. The summed E-state index contributed by atoms with van der Waals surface area (Å²) in [7, 11) is 1.28. The van der Waals surface area contributed by atoms with Gasteiger partial charge in [-0.05, 0) is 43.7 Å². The van der Waals surface area contributed by atoms with Crippen molar-refractivity contribution in [2.45, 2.75) is 32.1 Å². The molecule has 10 nitrogen and oxygen atoms in total. The van der Waals surface area contributed by atoms with Gasteiger partial charge in [0.2, 0.25) is 0 Å². The minimum absolute atomic E-state index is 0.0456. The molecule has 0 spiro atoms. The molecule has 1 N–H and O–H groups in total. The minimum atomic E-state index is -0.822. The van der Waals surface area contributed by atoms with Gasteiger partial charge in [-0.25, -0.2) is 9.59 Å². The Morgan fingerprint density at radius 3 is 2.61 bits per heavy atom. The highest BCUT2D eigenvalue weighted by molar-refractivity contribution is 7.17. The average Bonchev–Trinajstić information content (AvgIpc) is 3.54. The van der Waals surface area contributed by atoms with Crippen molar-refractivity contribution in [2.75, 3.05) is 37.0 Å². The van der Waals surface area contributed by atoms with Gasteiger partial charge in [0, 0.05) is 30.1 Å². The summed E-state index contributed by atoms with van der Waals surface area (Å²) >= 11 is 1.32. The number of benzene rings is 1. The van der Waals surface area contributed by atoms with Crippen molar-refractivity contribution in [1.82, 2.24) is 0 Å². The smallest absolute Gasteiger partial charge is 0.341 e. The predicted octanol–water partition coefficient (Wildman–Crippen LogP) is 3.33. The molecule has 33 heavy (non-hydrogen) atoms. The molecule has 2 aliphatic rings. The van der Waals surface area contributed by atoms with Gasteiger partial charge in [-0.15, -0.1) is 11.3 Å². The number of hydrogen-bond acceptors (Lipinski definition) is 9. The van der Waals surface area contributed by atoms with E-state index in [1.807, 2.05) is 4.90 Å². The van der Waals surface area contributed by atoms with Crippen LogP contribution in [0.2, 0.25) is 0 Å². The highest BCUT2D eigenvalue weighted by Crippen LogP contribution is 2.39. The summed E-state index contributed by atoms with van der Waals surface area (Å²) in [6, 6.07) is 4.06. The number of nitro benzene ring substituents is 1. The van der Waals surface area contributed by atoms with Crippen LogP contribution in [0.4, 0.5) is 16.4 Å². The fourth-order valence-corrected chi connectivity index (χ4v) is 5.51. The van der Waals surface area contributed by atoms with Crippen LogP contribution in [0.5, 0.6) is 0 Å². The Bertz CT molecular complexity index is 1120. The number of nitrogens with one attached hydrogen (secondary N) is 1. The second-order valence-corrected chi connectivity index (χ2v) is 8.94. The number of rotatable bonds is 7. The molecule has 174 valence electrons. The third kappa shape index (κ3) is 4.68. The van der Waals surface area contributed by atoms with E-state index < -0.39 is 29.4 Å². The van der Waals surface area contributed by atoms with Gasteiger partial charge in [-0.1, -0.05) is 0 Å². The molecule has 0 saturated carbocycles. The number of anilines is 2. The Balaban J connectivity index is 1.47. The van der Waals surface area contributed by atoms with Crippen molar-refractivity contribution in [3.05, 3.63) is 49.9 Å². The number of aryl methyl sites for hydroxylation is 1. The summed E-state index contributed by atoms with van der Waals surface area (Å²) in [5, 5.41) is 14.2. The first-order chi connectivity index (χ1) is 15.9. The molecule has 11 heteroatoms. The zero-order valence-corrected chi connectivity index (χ0v) is 18.9. The summed E-state index contributed by atoms with van der Waals surface area (Å²) in [6.07, 6.45) is 4.44. The Morgan fingerprint density at radius 1 is 1.15 bits per heavy atom. The lowest BCUT2D eigenvalue weighted by atomic mass is 10.1. The fourth-order valence-electron chi connectivity index (χ4n) is 4.22. The van der Waals surface area contributed by atoms with Crippen LogP contribution in [0, 0.1) is 10.1 Å². The number of methoxy groups -OCH3 is 1. The molecule has 1 aliphatic carbocycles. The average molecular weight is 474 g/mol. The second-order valence-electron chi connectivity index (χ2n) is 7.83. The number of ether oxygens (including phenoxy) is 2. The standard InChI is InChI=1S/C22H23N3O7S/c1-31-22(28)19-14-5-4-6-17(14)33-20(19)23-18(26)12-32-21(27)15-11-13(25(29)30)7-8-16(15)24-9-2-3-10-24/h7-8,11H,2-6,9-10,12H2,1H3,(H,23,26). The van der Waals surface area contributed by atoms with E-state index >= 15 is 0 Å². The Kier molecular flexibility index (Phi) is 6.59. The third-order valence-electron chi connectivity index (χ3n) is 5.76. The van der Waals surface area contributed by atoms with Crippen LogP contribution >= 0.6 is 11.3 Å². The molecule has 1 amide bonds. The summed E-state index contributed by atoms with van der Waals surface area (Å²) in [5.74, 6) is -1.95. The highest BCUT2D eigenvalue weighted by Gasteiger charge is 2.29. The maximum Gasteiger partial charge on any atom is 0.341 e. The molecule has 1 fully saturated rings. The number of hydrogen-bond donors (Lipinski definition) is 1. The van der Waals surface area contributed by atoms with Crippen LogP contribution in [0.15, 0.2) is 18.2 Å². The SMILES string of the molecule is COC(=O)c1c(NC(=O)COC(=O)c2cc([N+](=O)[O-])ccc2N2CCCC2)sc2c1CCC2. The number of nitrogens with zero attached hydrogens (tertiary/aromatic N) is 2. The summed E-state index contributed by atoms with van der Waals surface area (Å²) in [4.78, 5) is 51.1. The molecule has 0 bridgehead atoms. The highest BCUT2D eigenvalue weighted by atomic mass is 32.1. The molecule has 2 aromatic rings. The lowest BCUT2D eigenvalue weighted by molar-refractivity contribution is -0.384. The van der Waals surface area contributed by atoms with Crippen LogP contribution in [0.3, 0.4) is 0 Å². The minimum Gasteiger partial charge on any atom is -0.465 e. The first kappa shape index (κ1) is 22.7. The molecule has 1 aliphatic heterocycles. The van der Waals surface area contributed by atoms with Gasteiger partial charge in [0.1, 0.15) is 5.00 Å². The van der Waals surface area contributed by atoms with E-state index in [0.717, 1.165) is 55.6 Å². The lowest BCUT2D eigenvalue weighted by Gasteiger charge is -2.20. The number of carbonyl (C=O) groups excluding carboxylic acids is 3. The topological polar surface area (TPSA) is 128 Å². The van der Waals surface area contributed by atoms with Gasteiger partial charge in [-0.2, -0.15) is 0 Å². The Hall–Kier alpha value is -3.47. The summed E-state index contributed by atoms with van der Waals surface area (Å²) in [5.41, 5.74) is 1.61.